The lowest BCUT2D eigenvalue weighted by atomic mass is 10.00. The molecule has 0 bridgehead atoms. The summed E-state index contributed by atoms with van der Waals surface area (Å²) in [6.45, 7) is 5.49. The van der Waals surface area contributed by atoms with E-state index in [4.69, 9.17) is 5.73 Å². The molecule has 1 heterocycles. The zero-order valence-corrected chi connectivity index (χ0v) is 9.24. The quantitative estimate of drug-likeness (QED) is 0.758. The number of hydrogen-bond donors (Lipinski definition) is 1. The van der Waals surface area contributed by atoms with Crippen molar-refractivity contribution < 1.29 is 0 Å². The Morgan fingerprint density at radius 3 is 2.79 bits per heavy atom. The van der Waals surface area contributed by atoms with Crippen molar-refractivity contribution in [3.05, 3.63) is 12.4 Å². The van der Waals surface area contributed by atoms with Crippen molar-refractivity contribution in [2.75, 3.05) is 5.73 Å². The van der Waals surface area contributed by atoms with Gasteiger partial charge in [-0.3, -0.25) is 4.68 Å². The van der Waals surface area contributed by atoms with Crippen LogP contribution in [0.5, 0.6) is 0 Å². The molecule has 2 N–H and O–H groups in total. The summed E-state index contributed by atoms with van der Waals surface area (Å²) in [5.74, 6) is 0.745. The molecule has 0 spiro atoms. The van der Waals surface area contributed by atoms with Gasteiger partial charge >= 0.3 is 0 Å². The van der Waals surface area contributed by atoms with E-state index in [2.05, 4.69) is 18.9 Å². The Balaban J connectivity index is 2.40. The first-order chi connectivity index (χ1) is 6.76. The molecule has 0 saturated carbocycles. The molecular formula is C11H21N3. The van der Waals surface area contributed by atoms with Crippen LogP contribution in [-0.2, 0) is 6.54 Å². The van der Waals surface area contributed by atoms with Crippen molar-refractivity contribution in [3.8, 4) is 0 Å². The van der Waals surface area contributed by atoms with Crippen molar-refractivity contribution in [1.29, 1.82) is 0 Å². The Bertz CT molecular complexity index is 255. The molecule has 3 heteroatoms. The lowest BCUT2D eigenvalue weighted by Crippen LogP contribution is -2.10. The molecule has 0 amide bonds. The Morgan fingerprint density at radius 2 is 2.29 bits per heavy atom. The summed E-state index contributed by atoms with van der Waals surface area (Å²) in [7, 11) is 0. The maximum atomic E-state index is 5.61. The number of aromatic nitrogens is 2. The van der Waals surface area contributed by atoms with E-state index >= 15 is 0 Å². The van der Waals surface area contributed by atoms with Crippen molar-refractivity contribution >= 4 is 5.69 Å². The summed E-state index contributed by atoms with van der Waals surface area (Å²) in [6.07, 6.45) is 8.74. The highest BCUT2D eigenvalue weighted by atomic mass is 15.3. The highest BCUT2D eigenvalue weighted by Crippen LogP contribution is 2.15. The fourth-order valence-corrected chi connectivity index (χ4v) is 1.66. The molecular weight excluding hydrogens is 174 g/mol. The van der Waals surface area contributed by atoms with Gasteiger partial charge in [0.1, 0.15) is 0 Å². The van der Waals surface area contributed by atoms with Gasteiger partial charge in [0.25, 0.3) is 0 Å². The maximum Gasteiger partial charge on any atom is 0.0719 e. The molecule has 1 aromatic heterocycles. The molecule has 0 fully saturated rings. The average Bonchev–Trinajstić information content (AvgIpc) is 2.58. The van der Waals surface area contributed by atoms with Gasteiger partial charge in [0.05, 0.1) is 11.9 Å². The fourth-order valence-electron chi connectivity index (χ4n) is 1.66. The molecule has 80 valence electrons. The fraction of sp³-hybridized carbons (Fsp3) is 0.727. The number of nitrogens with two attached hydrogens (primary N) is 1. The van der Waals surface area contributed by atoms with Crippen LogP contribution in [0.25, 0.3) is 0 Å². The summed E-state index contributed by atoms with van der Waals surface area (Å²) >= 11 is 0. The number of nitrogen functional groups attached to an aromatic ring is 1. The van der Waals surface area contributed by atoms with E-state index in [1.165, 1.54) is 25.7 Å². The highest BCUT2D eigenvalue weighted by Gasteiger charge is 2.07. The molecule has 1 aromatic rings. The molecule has 1 rings (SSSR count). The Morgan fingerprint density at radius 1 is 1.50 bits per heavy atom. The molecule has 0 aliphatic carbocycles. The van der Waals surface area contributed by atoms with Gasteiger partial charge in [-0.2, -0.15) is 5.10 Å². The van der Waals surface area contributed by atoms with Gasteiger partial charge in [0, 0.05) is 12.7 Å². The van der Waals surface area contributed by atoms with Crippen LogP contribution in [0.2, 0.25) is 0 Å². The van der Waals surface area contributed by atoms with E-state index < -0.39 is 0 Å². The lowest BCUT2D eigenvalue weighted by Gasteiger charge is -2.13. The molecule has 3 nitrogen and oxygen atoms in total. The van der Waals surface area contributed by atoms with Crippen LogP contribution in [0.3, 0.4) is 0 Å². The smallest absolute Gasteiger partial charge is 0.0719 e. The number of nitrogens with zero attached hydrogens (tertiary/aromatic N) is 2. The van der Waals surface area contributed by atoms with Crippen LogP contribution in [0.1, 0.15) is 39.5 Å². The van der Waals surface area contributed by atoms with Crippen molar-refractivity contribution in [3.63, 3.8) is 0 Å². The molecule has 0 aliphatic rings. The normalized spacial score (nSPS) is 13.0. The minimum atomic E-state index is 0.745. The maximum absolute atomic E-state index is 5.61. The second kappa shape index (κ2) is 5.68. The van der Waals surface area contributed by atoms with Gasteiger partial charge in [-0.1, -0.05) is 33.1 Å². The Labute approximate surface area is 86.3 Å². The first-order valence-electron chi connectivity index (χ1n) is 5.54. The van der Waals surface area contributed by atoms with Crippen LogP contribution in [0, 0.1) is 5.92 Å². The topological polar surface area (TPSA) is 43.8 Å². The van der Waals surface area contributed by atoms with Crippen LogP contribution >= 0.6 is 0 Å². The first kappa shape index (κ1) is 11.1. The van der Waals surface area contributed by atoms with Gasteiger partial charge in [0.2, 0.25) is 0 Å². The minimum absolute atomic E-state index is 0.745. The third-order valence-corrected chi connectivity index (χ3v) is 2.64. The molecule has 0 unspecified atom stereocenters. The third kappa shape index (κ3) is 3.40. The summed E-state index contributed by atoms with van der Waals surface area (Å²) < 4.78 is 1.96. The summed E-state index contributed by atoms with van der Waals surface area (Å²) in [6, 6.07) is 0. The van der Waals surface area contributed by atoms with Gasteiger partial charge in [0.15, 0.2) is 0 Å². The summed E-state index contributed by atoms with van der Waals surface area (Å²) in [5.41, 5.74) is 6.37. The van der Waals surface area contributed by atoms with E-state index in [9.17, 15) is 0 Å². The number of rotatable bonds is 6. The van der Waals surface area contributed by atoms with Gasteiger partial charge < -0.3 is 5.73 Å². The van der Waals surface area contributed by atoms with Gasteiger partial charge in [-0.15, -0.1) is 0 Å². The third-order valence-electron chi connectivity index (χ3n) is 2.64. The molecule has 0 aliphatic heterocycles. The predicted molar refractivity (Wildman–Crippen MR) is 59.9 cm³/mol. The summed E-state index contributed by atoms with van der Waals surface area (Å²) in [4.78, 5) is 0. The van der Waals surface area contributed by atoms with E-state index in [1.54, 1.807) is 6.20 Å². The van der Waals surface area contributed by atoms with Gasteiger partial charge in [-0.25, -0.2) is 0 Å². The molecule has 0 saturated heterocycles. The monoisotopic (exact) mass is 195 g/mol. The molecule has 0 aromatic carbocycles. The SMILES string of the molecule is CCCC[C@H](CC)Cn1cc(N)cn1. The van der Waals surface area contributed by atoms with E-state index in [0.29, 0.717) is 0 Å². The second-order valence-corrected chi connectivity index (χ2v) is 3.91. The Hall–Kier alpha value is -0.990. The van der Waals surface area contributed by atoms with Crippen molar-refractivity contribution in [2.45, 2.75) is 46.1 Å². The van der Waals surface area contributed by atoms with Crippen LogP contribution in [0.15, 0.2) is 12.4 Å². The number of unbranched alkanes of at least 4 members (excludes halogenated alkanes) is 1. The predicted octanol–water partition coefficient (Wildman–Crippen LogP) is 2.68. The molecule has 1 atom stereocenters. The number of hydrogen-bond acceptors (Lipinski definition) is 2. The average molecular weight is 195 g/mol. The van der Waals surface area contributed by atoms with Gasteiger partial charge in [-0.05, 0) is 12.3 Å². The van der Waals surface area contributed by atoms with Crippen molar-refractivity contribution in [1.82, 2.24) is 9.78 Å². The van der Waals surface area contributed by atoms with Crippen LogP contribution in [0.4, 0.5) is 5.69 Å². The molecule has 0 radical (unpaired) electrons. The van der Waals surface area contributed by atoms with E-state index in [-0.39, 0.29) is 0 Å². The zero-order valence-electron chi connectivity index (χ0n) is 9.24. The van der Waals surface area contributed by atoms with Crippen molar-refractivity contribution in [2.24, 2.45) is 5.92 Å². The van der Waals surface area contributed by atoms with Crippen LogP contribution in [-0.4, -0.2) is 9.78 Å². The van der Waals surface area contributed by atoms with Crippen LogP contribution < -0.4 is 5.73 Å². The van der Waals surface area contributed by atoms with E-state index in [0.717, 1.165) is 18.2 Å². The standard InChI is InChI=1S/C11H21N3/c1-3-5-6-10(4-2)8-14-9-11(12)7-13-14/h7,9-10H,3-6,8,12H2,1-2H3/t10-/m0/s1. The number of anilines is 1. The van der Waals surface area contributed by atoms with E-state index in [1.807, 2.05) is 10.9 Å². The highest BCUT2D eigenvalue weighted by molar-refractivity contribution is 5.30. The second-order valence-electron chi connectivity index (χ2n) is 3.91. The zero-order chi connectivity index (χ0) is 10.4. The Kier molecular flexibility index (Phi) is 4.50. The minimum Gasteiger partial charge on any atom is -0.396 e. The molecule has 14 heavy (non-hydrogen) atoms. The summed E-state index contributed by atoms with van der Waals surface area (Å²) in [5, 5.41) is 4.20. The lowest BCUT2D eigenvalue weighted by molar-refractivity contribution is 0.372. The first-order valence-corrected chi connectivity index (χ1v) is 5.54. The largest absolute Gasteiger partial charge is 0.396 e.